The number of rotatable bonds is 9. The van der Waals surface area contributed by atoms with Gasteiger partial charge in [0.1, 0.15) is 0 Å². The molecule has 2 N–H and O–H groups in total. The summed E-state index contributed by atoms with van der Waals surface area (Å²) in [6, 6.07) is 16.1. The zero-order chi connectivity index (χ0) is 19.4. The van der Waals surface area contributed by atoms with Gasteiger partial charge in [-0.2, -0.15) is 0 Å². The summed E-state index contributed by atoms with van der Waals surface area (Å²) < 4.78 is 29.3. The molecule has 0 aliphatic rings. The fourth-order valence-corrected chi connectivity index (χ4v) is 6.42. The highest BCUT2D eigenvalue weighted by Gasteiger charge is 2.11. The molecule has 0 spiro atoms. The third kappa shape index (κ3) is 4.75. The molecule has 2 heterocycles. The monoisotopic (exact) mass is 431 g/mol. The van der Waals surface area contributed by atoms with Gasteiger partial charge in [0.05, 0.1) is 16.0 Å². The summed E-state index contributed by atoms with van der Waals surface area (Å²) in [4.78, 5) is 7.78. The molecule has 2 aromatic heterocycles. The standard InChI is InChI=1S/C20H21N3O2S3/c24-28(25,22-11-10-15-14-21-17-7-2-1-6-16(15)17)13-5-12-26-20-23-18-8-3-4-9-19(18)27-20/h1-4,6-9,14,21-22H,5,10-13H2. The second kappa shape index (κ2) is 8.65. The predicted molar refractivity (Wildman–Crippen MR) is 119 cm³/mol. The molecule has 0 amide bonds. The van der Waals surface area contributed by atoms with Crippen molar-refractivity contribution in [1.82, 2.24) is 14.7 Å². The second-order valence-electron chi connectivity index (χ2n) is 6.47. The quantitative estimate of drug-likeness (QED) is 0.304. The zero-order valence-electron chi connectivity index (χ0n) is 15.2. The molecule has 5 nitrogen and oxygen atoms in total. The number of fused-ring (bicyclic) bond motifs is 2. The summed E-state index contributed by atoms with van der Waals surface area (Å²) >= 11 is 3.27. The smallest absolute Gasteiger partial charge is 0.211 e. The van der Waals surface area contributed by atoms with Crippen molar-refractivity contribution in [2.24, 2.45) is 0 Å². The van der Waals surface area contributed by atoms with Gasteiger partial charge in [-0.3, -0.25) is 0 Å². The summed E-state index contributed by atoms with van der Waals surface area (Å²) in [6.45, 7) is 0.412. The van der Waals surface area contributed by atoms with Gasteiger partial charge in [-0.05, 0) is 36.6 Å². The maximum atomic E-state index is 12.2. The topological polar surface area (TPSA) is 74.8 Å². The molecule has 28 heavy (non-hydrogen) atoms. The molecule has 0 aliphatic heterocycles. The molecule has 0 unspecified atom stereocenters. The number of benzene rings is 2. The Labute approximate surface area is 172 Å². The minimum Gasteiger partial charge on any atom is -0.361 e. The van der Waals surface area contributed by atoms with E-state index in [1.165, 1.54) is 0 Å². The van der Waals surface area contributed by atoms with Crippen LogP contribution >= 0.6 is 23.1 Å². The maximum Gasteiger partial charge on any atom is 0.211 e. The minimum absolute atomic E-state index is 0.138. The number of para-hydroxylation sites is 2. The number of thiazole rings is 1. The molecule has 0 fully saturated rings. The lowest BCUT2D eigenvalue weighted by Gasteiger charge is -2.06. The Hall–Kier alpha value is -1.87. The highest BCUT2D eigenvalue weighted by atomic mass is 32.2. The third-order valence-electron chi connectivity index (χ3n) is 4.45. The van der Waals surface area contributed by atoms with E-state index in [1.807, 2.05) is 42.6 Å². The molecule has 0 aliphatic carbocycles. The van der Waals surface area contributed by atoms with E-state index >= 15 is 0 Å². The molecule has 8 heteroatoms. The first kappa shape index (κ1) is 19.4. The van der Waals surface area contributed by atoms with Gasteiger partial charge in [-0.1, -0.05) is 42.1 Å². The van der Waals surface area contributed by atoms with Crippen LogP contribution in [0.4, 0.5) is 0 Å². The molecule has 2 aromatic carbocycles. The highest BCUT2D eigenvalue weighted by Crippen LogP contribution is 2.29. The summed E-state index contributed by atoms with van der Waals surface area (Å²) in [5.41, 5.74) is 3.21. The van der Waals surface area contributed by atoms with Gasteiger partial charge < -0.3 is 4.98 Å². The number of H-pyrrole nitrogens is 1. The van der Waals surface area contributed by atoms with E-state index in [2.05, 4.69) is 26.8 Å². The molecule has 0 atom stereocenters. The van der Waals surface area contributed by atoms with Crippen LogP contribution in [0.1, 0.15) is 12.0 Å². The first-order valence-electron chi connectivity index (χ1n) is 9.11. The van der Waals surface area contributed by atoms with Crippen LogP contribution in [0, 0.1) is 0 Å². The fraction of sp³-hybridized carbons (Fsp3) is 0.250. The average molecular weight is 432 g/mol. The molecule has 4 aromatic rings. The van der Waals surface area contributed by atoms with Crippen molar-refractivity contribution in [2.75, 3.05) is 18.1 Å². The Bertz CT molecular complexity index is 1150. The number of aromatic nitrogens is 2. The van der Waals surface area contributed by atoms with E-state index in [0.717, 1.165) is 36.8 Å². The zero-order valence-corrected chi connectivity index (χ0v) is 17.7. The summed E-state index contributed by atoms with van der Waals surface area (Å²) in [5, 5.41) is 1.15. The molecule has 0 radical (unpaired) electrons. The van der Waals surface area contributed by atoms with Gasteiger partial charge >= 0.3 is 0 Å². The molecular formula is C20H21N3O2S3. The van der Waals surface area contributed by atoms with Gasteiger partial charge in [-0.25, -0.2) is 18.1 Å². The number of thioether (sulfide) groups is 1. The average Bonchev–Trinajstić information content (AvgIpc) is 3.29. The van der Waals surface area contributed by atoms with E-state index < -0.39 is 10.0 Å². The Morgan fingerprint density at radius 3 is 2.82 bits per heavy atom. The lowest BCUT2D eigenvalue weighted by molar-refractivity contribution is 0.580. The number of sulfonamides is 1. The van der Waals surface area contributed by atoms with E-state index in [-0.39, 0.29) is 5.75 Å². The Morgan fingerprint density at radius 2 is 1.93 bits per heavy atom. The first-order valence-corrected chi connectivity index (χ1v) is 12.6. The van der Waals surface area contributed by atoms with Gasteiger partial charge in [0.2, 0.25) is 10.0 Å². The molecular weight excluding hydrogens is 410 g/mol. The molecule has 0 bridgehead atoms. The minimum atomic E-state index is -3.26. The predicted octanol–water partition coefficient (Wildman–Crippen LogP) is 4.42. The lowest BCUT2D eigenvalue weighted by atomic mass is 10.1. The van der Waals surface area contributed by atoms with Crippen molar-refractivity contribution in [3.63, 3.8) is 0 Å². The van der Waals surface area contributed by atoms with Crippen molar-refractivity contribution in [3.05, 3.63) is 60.3 Å². The van der Waals surface area contributed by atoms with Crippen LogP contribution in [0.15, 0.2) is 59.1 Å². The third-order valence-corrected chi connectivity index (χ3v) is 8.18. The molecule has 0 saturated carbocycles. The first-order chi connectivity index (χ1) is 13.6. The van der Waals surface area contributed by atoms with Crippen LogP contribution in [0.5, 0.6) is 0 Å². The normalized spacial score (nSPS) is 12.1. The summed E-state index contributed by atoms with van der Waals surface area (Å²) in [6.07, 6.45) is 3.22. The van der Waals surface area contributed by atoms with Crippen molar-refractivity contribution in [3.8, 4) is 0 Å². The molecule has 4 rings (SSSR count). The second-order valence-corrected chi connectivity index (χ2v) is 10.8. The summed E-state index contributed by atoms with van der Waals surface area (Å²) in [5.74, 6) is 0.877. The SMILES string of the molecule is O=S(=O)(CCCSc1nc2ccccc2s1)NCCc1c[nH]c2ccccc12. The number of hydrogen-bond acceptors (Lipinski definition) is 5. The Balaban J connectivity index is 1.22. The van der Waals surface area contributed by atoms with E-state index in [4.69, 9.17) is 0 Å². The molecule has 146 valence electrons. The van der Waals surface area contributed by atoms with Gasteiger partial charge in [0.15, 0.2) is 4.34 Å². The van der Waals surface area contributed by atoms with Crippen LogP contribution in [-0.2, 0) is 16.4 Å². The maximum absolute atomic E-state index is 12.2. The Morgan fingerprint density at radius 1 is 1.11 bits per heavy atom. The number of nitrogens with zero attached hydrogens (tertiary/aromatic N) is 1. The van der Waals surface area contributed by atoms with Crippen molar-refractivity contribution in [1.29, 1.82) is 0 Å². The van der Waals surface area contributed by atoms with Crippen LogP contribution in [-0.4, -0.2) is 36.4 Å². The molecule has 0 saturated heterocycles. The number of hydrogen-bond donors (Lipinski definition) is 2. The van der Waals surface area contributed by atoms with Crippen LogP contribution in [0.25, 0.3) is 21.1 Å². The van der Waals surface area contributed by atoms with Crippen molar-refractivity contribution in [2.45, 2.75) is 17.2 Å². The number of nitrogens with one attached hydrogen (secondary N) is 2. The lowest BCUT2D eigenvalue weighted by Crippen LogP contribution is -2.28. The van der Waals surface area contributed by atoms with Crippen molar-refractivity contribution < 1.29 is 8.42 Å². The Kier molecular flexibility index (Phi) is 6.01. The fourth-order valence-electron chi connectivity index (χ4n) is 3.07. The number of aromatic amines is 1. The van der Waals surface area contributed by atoms with Crippen molar-refractivity contribution >= 4 is 54.2 Å². The van der Waals surface area contributed by atoms with Gasteiger partial charge in [-0.15, -0.1) is 11.3 Å². The van der Waals surface area contributed by atoms with Crippen LogP contribution in [0.2, 0.25) is 0 Å². The van der Waals surface area contributed by atoms with Gasteiger partial charge in [0, 0.05) is 29.4 Å². The van der Waals surface area contributed by atoms with Gasteiger partial charge in [0.25, 0.3) is 0 Å². The van der Waals surface area contributed by atoms with Crippen LogP contribution in [0.3, 0.4) is 0 Å². The van der Waals surface area contributed by atoms with Crippen LogP contribution < -0.4 is 4.72 Å². The summed E-state index contributed by atoms with van der Waals surface area (Å²) in [7, 11) is -3.26. The largest absolute Gasteiger partial charge is 0.361 e. The van der Waals surface area contributed by atoms with E-state index in [9.17, 15) is 8.42 Å². The van der Waals surface area contributed by atoms with E-state index in [0.29, 0.717) is 19.4 Å². The van der Waals surface area contributed by atoms with E-state index in [1.54, 1.807) is 23.1 Å². The highest BCUT2D eigenvalue weighted by molar-refractivity contribution is 8.01.